The van der Waals surface area contributed by atoms with E-state index in [1.807, 2.05) is 25.2 Å². The van der Waals surface area contributed by atoms with E-state index in [1.54, 1.807) is 19.2 Å². The lowest BCUT2D eigenvalue weighted by Crippen LogP contribution is -2.06. The molecule has 0 spiro atoms. The van der Waals surface area contributed by atoms with Gasteiger partial charge >= 0.3 is 0 Å². The van der Waals surface area contributed by atoms with Crippen molar-refractivity contribution in [3.8, 4) is 16.9 Å². The fourth-order valence-corrected chi connectivity index (χ4v) is 2.16. The molecule has 0 saturated heterocycles. The highest BCUT2D eigenvalue weighted by Crippen LogP contribution is 2.30. The fraction of sp³-hybridized carbons (Fsp3) is 0.200. The molecule has 0 fully saturated rings. The highest BCUT2D eigenvalue weighted by atomic mass is 35.5. The van der Waals surface area contributed by atoms with Crippen molar-refractivity contribution in [2.75, 3.05) is 14.2 Å². The van der Waals surface area contributed by atoms with Gasteiger partial charge in [-0.3, -0.25) is 0 Å². The fourth-order valence-electron chi connectivity index (χ4n) is 1.98. The van der Waals surface area contributed by atoms with Crippen LogP contribution in [0, 0.1) is 5.82 Å². The van der Waals surface area contributed by atoms with Crippen LogP contribution in [0.15, 0.2) is 36.4 Å². The van der Waals surface area contributed by atoms with Crippen LogP contribution in [0.2, 0.25) is 5.02 Å². The molecule has 2 aromatic carbocycles. The average Bonchev–Trinajstić information content (AvgIpc) is 2.42. The Morgan fingerprint density at radius 1 is 1.21 bits per heavy atom. The predicted molar refractivity (Wildman–Crippen MR) is 76.2 cm³/mol. The normalized spacial score (nSPS) is 10.5. The van der Waals surface area contributed by atoms with E-state index < -0.39 is 5.82 Å². The molecule has 0 atom stereocenters. The van der Waals surface area contributed by atoms with Gasteiger partial charge in [-0.25, -0.2) is 4.39 Å². The smallest absolute Gasteiger partial charge is 0.141 e. The molecule has 0 bridgehead atoms. The third-order valence-corrected chi connectivity index (χ3v) is 3.20. The topological polar surface area (TPSA) is 21.3 Å². The molecule has 0 radical (unpaired) electrons. The van der Waals surface area contributed by atoms with E-state index in [9.17, 15) is 4.39 Å². The number of halogens is 2. The van der Waals surface area contributed by atoms with Crippen molar-refractivity contribution in [1.82, 2.24) is 5.32 Å². The number of nitrogens with one attached hydrogen (secondary N) is 1. The molecule has 0 unspecified atom stereocenters. The molecule has 2 rings (SSSR count). The molecule has 2 aromatic rings. The van der Waals surface area contributed by atoms with Gasteiger partial charge in [0.1, 0.15) is 11.6 Å². The molecule has 0 heterocycles. The van der Waals surface area contributed by atoms with Gasteiger partial charge in [0, 0.05) is 6.54 Å². The minimum absolute atomic E-state index is 0.128. The summed E-state index contributed by atoms with van der Waals surface area (Å²) in [5.74, 6) is 0.385. The molecular formula is C15H15ClFNO. The van der Waals surface area contributed by atoms with Gasteiger partial charge in [-0.05, 0) is 48.0 Å². The van der Waals surface area contributed by atoms with E-state index >= 15 is 0 Å². The number of hydrogen-bond donors (Lipinski definition) is 1. The van der Waals surface area contributed by atoms with Crippen LogP contribution in [0.4, 0.5) is 4.39 Å². The van der Waals surface area contributed by atoms with Crippen LogP contribution >= 0.6 is 11.6 Å². The minimum Gasteiger partial charge on any atom is -0.497 e. The molecule has 2 nitrogen and oxygen atoms in total. The van der Waals surface area contributed by atoms with Crippen LogP contribution in [0.25, 0.3) is 11.1 Å². The van der Waals surface area contributed by atoms with Gasteiger partial charge in [0.25, 0.3) is 0 Å². The maximum absolute atomic E-state index is 13.2. The molecule has 0 aliphatic rings. The number of methoxy groups -OCH3 is 1. The molecule has 0 aliphatic heterocycles. The molecule has 0 aromatic heterocycles. The first kappa shape index (κ1) is 13.8. The van der Waals surface area contributed by atoms with Crippen LogP contribution < -0.4 is 10.1 Å². The molecular weight excluding hydrogens is 265 g/mol. The second-order valence-electron chi connectivity index (χ2n) is 4.18. The molecule has 100 valence electrons. The maximum atomic E-state index is 13.2. The van der Waals surface area contributed by atoms with Gasteiger partial charge < -0.3 is 10.1 Å². The van der Waals surface area contributed by atoms with Gasteiger partial charge in [-0.15, -0.1) is 0 Å². The van der Waals surface area contributed by atoms with E-state index in [2.05, 4.69) is 5.32 Å². The first-order chi connectivity index (χ1) is 9.15. The SMILES string of the molecule is CNCc1cc(OC)ccc1-c1ccc(F)c(Cl)c1. The van der Waals surface area contributed by atoms with E-state index in [4.69, 9.17) is 16.3 Å². The number of rotatable bonds is 4. The van der Waals surface area contributed by atoms with Gasteiger partial charge in [0.15, 0.2) is 0 Å². The van der Waals surface area contributed by atoms with Crippen molar-refractivity contribution in [2.24, 2.45) is 0 Å². The number of hydrogen-bond acceptors (Lipinski definition) is 2. The van der Waals surface area contributed by atoms with Crippen molar-refractivity contribution >= 4 is 11.6 Å². The Morgan fingerprint density at radius 3 is 2.63 bits per heavy atom. The Balaban J connectivity index is 2.50. The van der Waals surface area contributed by atoms with Gasteiger partial charge in [0.05, 0.1) is 12.1 Å². The predicted octanol–water partition coefficient (Wildman–Crippen LogP) is 3.87. The Labute approximate surface area is 117 Å². The summed E-state index contributed by atoms with van der Waals surface area (Å²) in [5.41, 5.74) is 2.97. The van der Waals surface area contributed by atoms with Crippen LogP contribution in [0.1, 0.15) is 5.56 Å². The standard InChI is InChI=1S/C15H15ClFNO/c1-18-9-11-7-12(19-2)4-5-13(11)10-3-6-15(17)14(16)8-10/h3-8,18H,9H2,1-2H3. The summed E-state index contributed by atoms with van der Waals surface area (Å²) in [4.78, 5) is 0. The highest BCUT2D eigenvalue weighted by Gasteiger charge is 2.08. The first-order valence-electron chi connectivity index (χ1n) is 5.92. The molecule has 4 heteroatoms. The summed E-state index contributed by atoms with van der Waals surface area (Å²) in [5, 5.41) is 3.24. The minimum atomic E-state index is -0.408. The van der Waals surface area contributed by atoms with Gasteiger partial charge in [-0.2, -0.15) is 0 Å². The van der Waals surface area contributed by atoms with Crippen LogP contribution in [0.3, 0.4) is 0 Å². The summed E-state index contributed by atoms with van der Waals surface area (Å²) in [6.45, 7) is 0.696. The van der Waals surface area contributed by atoms with E-state index in [0.29, 0.717) is 6.54 Å². The molecule has 0 amide bonds. The van der Waals surface area contributed by atoms with E-state index in [1.165, 1.54) is 6.07 Å². The Morgan fingerprint density at radius 2 is 2.00 bits per heavy atom. The Hall–Kier alpha value is -1.58. The lowest BCUT2D eigenvalue weighted by molar-refractivity contribution is 0.414. The van der Waals surface area contributed by atoms with E-state index in [-0.39, 0.29) is 5.02 Å². The van der Waals surface area contributed by atoms with Crippen molar-refractivity contribution < 1.29 is 9.13 Å². The molecule has 1 N–H and O–H groups in total. The first-order valence-corrected chi connectivity index (χ1v) is 6.30. The second kappa shape index (κ2) is 6.04. The molecule has 0 saturated carbocycles. The molecule has 19 heavy (non-hydrogen) atoms. The van der Waals surface area contributed by atoms with E-state index in [0.717, 1.165) is 22.4 Å². The summed E-state index contributed by atoms with van der Waals surface area (Å²) < 4.78 is 18.4. The summed E-state index contributed by atoms with van der Waals surface area (Å²) in [6, 6.07) is 10.5. The lowest BCUT2D eigenvalue weighted by atomic mass is 9.99. The van der Waals surface area contributed by atoms with Crippen molar-refractivity contribution in [3.63, 3.8) is 0 Å². The quantitative estimate of drug-likeness (QED) is 0.917. The van der Waals surface area contributed by atoms with Crippen LogP contribution in [0.5, 0.6) is 5.75 Å². The van der Waals surface area contributed by atoms with Crippen molar-refractivity contribution in [2.45, 2.75) is 6.54 Å². The summed E-state index contributed by atoms with van der Waals surface area (Å²) in [7, 11) is 3.51. The lowest BCUT2D eigenvalue weighted by Gasteiger charge is -2.12. The molecule has 0 aliphatic carbocycles. The number of ether oxygens (including phenoxy) is 1. The largest absolute Gasteiger partial charge is 0.497 e. The number of benzene rings is 2. The monoisotopic (exact) mass is 279 g/mol. The third-order valence-electron chi connectivity index (χ3n) is 2.91. The van der Waals surface area contributed by atoms with Crippen molar-refractivity contribution in [1.29, 1.82) is 0 Å². The van der Waals surface area contributed by atoms with Gasteiger partial charge in [-0.1, -0.05) is 23.7 Å². The van der Waals surface area contributed by atoms with Crippen LogP contribution in [-0.4, -0.2) is 14.2 Å². The van der Waals surface area contributed by atoms with Gasteiger partial charge in [0.2, 0.25) is 0 Å². The van der Waals surface area contributed by atoms with Crippen LogP contribution in [-0.2, 0) is 6.54 Å². The van der Waals surface area contributed by atoms with Crippen molar-refractivity contribution in [3.05, 3.63) is 52.8 Å². The summed E-state index contributed by atoms with van der Waals surface area (Å²) in [6.07, 6.45) is 0. The average molecular weight is 280 g/mol. The Kier molecular flexibility index (Phi) is 4.40. The maximum Gasteiger partial charge on any atom is 0.141 e. The summed E-state index contributed by atoms with van der Waals surface area (Å²) >= 11 is 5.84. The third kappa shape index (κ3) is 3.06. The highest BCUT2D eigenvalue weighted by molar-refractivity contribution is 6.31. The zero-order valence-electron chi connectivity index (χ0n) is 10.8. The second-order valence-corrected chi connectivity index (χ2v) is 4.59. The zero-order valence-corrected chi connectivity index (χ0v) is 11.6. The Bertz CT molecular complexity index is 586. The zero-order chi connectivity index (χ0) is 13.8.